The maximum atomic E-state index is 10.0. The van der Waals surface area contributed by atoms with E-state index >= 15 is 0 Å². The van der Waals surface area contributed by atoms with Gasteiger partial charge in [-0.3, -0.25) is 4.90 Å². The van der Waals surface area contributed by atoms with Crippen LogP contribution < -0.4 is 10.2 Å². The minimum Gasteiger partial charge on any atom is -0.549 e. The summed E-state index contributed by atoms with van der Waals surface area (Å²) in [5, 5.41) is 28.4. The fourth-order valence-corrected chi connectivity index (χ4v) is 0.721. The van der Waals surface area contributed by atoms with Crippen molar-refractivity contribution in [2.45, 2.75) is 0 Å². The van der Waals surface area contributed by atoms with Crippen LogP contribution in [0.15, 0.2) is 0 Å². The molecular formula is C6H9CaNO5. The number of nitrogens with zero attached hydrogens (tertiary/aromatic N) is 1. The Morgan fingerprint density at radius 1 is 1.15 bits per heavy atom. The summed E-state index contributed by atoms with van der Waals surface area (Å²) in [5.41, 5.74) is 0. The van der Waals surface area contributed by atoms with Gasteiger partial charge in [0.25, 0.3) is 0 Å². The normalized spacial score (nSPS) is 9.38. The van der Waals surface area contributed by atoms with Gasteiger partial charge in [-0.1, -0.05) is 0 Å². The molecule has 0 radical (unpaired) electrons. The second-order valence-corrected chi connectivity index (χ2v) is 2.18. The number of aliphatic carboxylic acids is 2. The Morgan fingerprint density at radius 3 is 1.77 bits per heavy atom. The van der Waals surface area contributed by atoms with E-state index in [1.165, 1.54) is 0 Å². The van der Waals surface area contributed by atoms with Crippen molar-refractivity contribution in [3.8, 4) is 0 Å². The van der Waals surface area contributed by atoms with Gasteiger partial charge in [-0.15, -0.1) is 0 Å². The van der Waals surface area contributed by atoms with Crippen LogP contribution in [-0.2, 0) is 9.59 Å². The number of aliphatic hydroxyl groups excluding tert-OH is 1. The van der Waals surface area contributed by atoms with Crippen molar-refractivity contribution in [1.29, 1.82) is 0 Å². The van der Waals surface area contributed by atoms with E-state index in [9.17, 15) is 19.8 Å². The molecule has 0 fully saturated rings. The van der Waals surface area contributed by atoms with Gasteiger partial charge in [0, 0.05) is 19.6 Å². The van der Waals surface area contributed by atoms with E-state index < -0.39 is 25.0 Å². The summed E-state index contributed by atoms with van der Waals surface area (Å²) in [5.74, 6) is -2.77. The first-order chi connectivity index (χ1) is 5.56. The van der Waals surface area contributed by atoms with E-state index in [1.54, 1.807) is 0 Å². The second kappa shape index (κ2) is 8.71. The van der Waals surface area contributed by atoms with Crippen molar-refractivity contribution in [2.24, 2.45) is 0 Å². The zero-order chi connectivity index (χ0) is 9.56. The van der Waals surface area contributed by atoms with Crippen LogP contribution in [-0.4, -0.2) is 85.9 Å². The van der Waals surface area contributed by atoms with Crippen molar-refractivity contribution in [2.75, 3.05) is 26.2 Å². The minimum absolute atomic E-state index is 0. The van der Waals surface area contributed by atoms with E-state index in [1.807, 2.05) is 0 Å². The molecule has 0 aliphatic rings. The van der Waals surface area contributed by atoms with Crippen LogP contribution in [0.5, 0.6) is 0 Å². The molecule has 0 heterocycles. The van der Waals surface area contributed by atoms with E-state index in [0.29, 0.717) is 0 Å². The van der Waals surface area contributed by atoms with Crippen LogP contribution in [0.3, 0.4) is 0 Å². The molecule has 0 atom stereocenters. The fourth-order valence-electron chi connectivity index (χ4n) is 0.721. The SMILES string of the molecule is O=C([O-])CN(CCO)CC(=O)[O-].[Ca+2]. The molecule has 7 heteroatoms. The summed E-state index contributed by atoms with van der Waals surface area (Å²) in [6.45, 7) is -1.37. The monoisotopic (exact) mass is 215 g/mol. The molecule has 0 saturated heterocycles. The Labute approximate surface area is 105 Å². The molecule has 0 aliphatic carbocycles. The van der Waals surface area contributed by atoms with Gasteiger partial charge < -0.3 is 24.9 Å². The third kappa shape index (κ3) is 10.0. The van der Waals surface area contributed by atoms with Crippen LogP contribution in [0, 0.1) is 0 Å². The zero-order valence-electron chi connectivity index (χ0n) is 7.06. The summed E-state index contributed by atoms with van der Waals surface area (Å²) >= 11 is 0. The quantitative estimate of drug-likeness (QED) is 0.447. The van der Waals surface area contributed by atoms with Crippen LogP contribution in [0.2, 0.25) is 0 Å². The standard InChI is InChI=1S/C6H11NO5.Ca/c8-2-1-7(3-5(9)10)4-6(11)12;/h8H,1-4H2,(H,9,10)(H,11,12);/q;+2/p-2. The first-order valence-electron chi connectivity index (χ1n) is 3.29. The van der Waals surface area contributed by atoms with Crippen molar-refractivity contribution < 1.29 is 24.9 Å². The number of carbonyl (C=O) groups is 2. The van der Waals surface area contributed by atoms with Crippen molar-refractivity contribution in [3.05, 3.63) is 0 Å². The molecule has 0 saturated carbocycles. The Hall–Kier alpha value is 0.120. The van der Waals surface area contributed by atoms with E-state index in [4.69, 9.17) is 5.11 Å². The fraction of sp³-hybridized carbons (Fsp3) is 0.667. The number of carbonyl (C=O) groups excluding carboxylic acids is 2. The molecule has 0 bridgehead atoms. The third-order valence-corrected chi connectivity index (χ3v) is 1.12. The maximum absolute atomic E-state index is 10.0. The predicted octanol–water partition coefficient (Wildman–Crippen LogP) is -4.60. The van der Waals surface area contributed by atoms with E-state index in [0.717, 1.165) is 4.90 Å². The number of rotatable bonds is 6. The largest absolute Gasteiger partial charge is 2.00 e. The van der Waals surface area contributed by atoms with Gasteiger partial charge in [-0.25, -0.2) is 0 Å². The predicted molar refractivity (Wildman–Crippen MR) is 39.3 cm³/mol. The average molecular weight is 215 g/mol. The number of hydrogen-bond donors (Lipinski definition) is 1. The maximum Gasteiger partial charge on any atom is 2.00 e. The summed E-state index contributed by atoms with van der Waals surface area (Å²) in [6, 6.07) is 0. The van der Waals surface area contributed by atoms with E-state index in [2.05, 4.69) is 0 Å². The molecule has 0 aromatic carbocycles. The molecule has 0 rings (SSSR count). The molecule has 70 valence electrons. The Kier molecular flexibility index (Phi) is 10.4. The van der Waals surface area contributed by atoms with Gasteiger partial charge in [0.05, 0.1) is 18.5 Å². The van der Waals surface area contributed by atoms with Crippen LogP contribution in [0.4, 0.5) is 0 Å². The molecule has 13 heavy (non-hydrogen) atoms. The van der Waals surface area contributed by atoms with Crippen molar-refractivity contribution in [3.63, 3.8) is 0 Å². The zero-order valence-corrected chi connectivity index (χ0v) is 9.27. The Morgan fingerprint density at radius 2 is 1.54 bits per heavy atom. The molecule has 0 aromatic rings. The first kappa shape index (κ1) is 15.6. The molecule has 0 unspecified atom stereocenters. The van der Waals surface area contributed by atoms with Crippen LogP contribution in [0.1, 0.15) is 0 Å². The summed E-state index contributed by atoms with van der Waals surface area (Å²) in [7, 11) is 0. The Balaban J connectivity index is 0. The molecule has 1 N–H and O–H groups in total. The van der Waals surface area contributed by atoms with Gasteiger partial charge in [-0.2, -0.15) is 0 Å². The third-order valence-electron chi connectivity index (χ3n) is 1.12. The van der Waals surface area contributed by atoms with Crippen molar-refractivity contribution >= 4 is 49.7 Å². The van der Waals surface area contributed by atoms with Gasteiger partial charge in [0.1, 0.15) is 0 Å². The summed E-state index contributed by atoms with van der Waals surface area (Å²) in [4.78, 5) is 21.0. The average Bonchev–Trinajstić information content (AvgIpc) is 1.84. The second-order valence-electron chi connectivity index (χ2n) is 2.18. The van der Waals surface area contributed by atoms with Gasteiger partial charge in [0.15, 0.2) is 0 Å². The number of carboxylic acid groups (broad SMARTS) is 2. The van der Waals surface area contributed by atoms with Gasteiger partial charge in [-0.05, 0) is 0 Å². The van der Waals surface area contributed by atoms with Crippen LogP contribution in [0.25, 0.3) is 0 Å². The summed E-state index contributed by atoms with van der Waals surface area (Å²) < 4.78 is 0. The van der Waals surface area contributed by atoms with Crippen LogP contribution >= 0.6 is 0 Å². The van der Waals surface area contributed by atoms with Crippen molar-refractivity contribution in [1.82, 2.24) is 4.90 Å². The molecule has 6 nitrogen and oxygen atoms in total. The Bertz CT molecular complexity index is 158. The smallest absolute Gasteiger partial charge is 0.549 e. The molecular weight excluding hydrogens is 206 g/mol. The molecule has 0 amide bonds. The minimum atomic E-state index is -1.38. The number of aliphatic hydroxyl groups is 1. The van der Waals surface area contributed by atoms with E-state index in [-0.39, 0.29) is 50.9 Å². The van der Waals surface area contributed by atoms with Gasteiger partial charge in [0.2, 0.25) is 0 Å². The van der Waals surface area contributed by atoms with Gasteiger partial charge >= 0.3 is 37.7 Å². The number of carboxylic acids is 2. The molecule has 0 aromatic heterocycles. The molecule has 0 spiro atoms. The number of hydrogen-bond acceptors (Lipinski definition) is 6. The first-order valence-corrected chi connectivity index (χ1v) is 3.29. The molecule has 0 aliphatic heterocycles. The topological polar surface area (TPSA) is 104 Å². The summed E-state index contributed by atoms with van der Waals surface area (Å²) in [6.07, 6.45) is 0.